The number of ether oxygens (including phenoxy) is 2. The van der Waals surface area contributed by atoms with Gasteiger partial charge in [0.25, 0.3) is 5.56 Å². The van der Waals surface area contributed by atoms with Gasteiger partial charge in [0.05, 0.1) is 39.0 Å². The third kappa shape index (κ3) is 5.79. The molecule has 1 N–H and O–H groups in total. The van der Waals surface area contributed by atoms with E-state index in [9.17, 15) is 14.4 Å². The Bertz CT molecular complexity index is 1840. The summed E-state index contributed by atoms with van der Waals surface area (Å²) in [7, 11) is 1.33. The smallest absolute Gasteiger partial charge is 0.338 e. The molecule has 0 bridgehead atoms. The number of halogens is 1. The Balaban J connectivity index is 1.48. The average molecular weight is 634 g/mol. The molecule has 1 atom stereocenters. The zero-order valence-electron chi connectivity index (χ0n) is 22.2. The number of methoxy groups -OCH3 is 1. The minimum Gasteiger partial charge on any atom is -0.488 e. The molecule has 5 rings (SSSR count). The van der Waals surface area contributed by atoms with Crippen molar-refractivity contribution in [1.29, 1.82) is 0 Å². The van der Waals surface area contributed by atoms with E-state index in [1.54, 1.807) is 28.8 Å². The van der Waals surface area contributed by atoms with E-state index in [1.807, 2.05) is 49.4 Å². The summed E-state index contributed by atoms with van der Waals surface area (Å²) in [5.41, 5.74) is 3.33. The van der Waals surface area contributed by atoms with Crippen LogP contribution >= 0.6 is 27.3 Å². The second-order valence-corrected chi connectivity index (χ2v) is 11.0. The number of hydrogen-bond donors (Lipinski definition) is 1. The molecular weight excluding hydrogens is 608 g/mol. The lowest BCUT2D eigenvalue weighted by Gasteiger charge is -2.25. The summed E-state index contributed by atoms with van der Waals surface area (Å²) in [4.78, 5) is 42.9. The lowest BCUT2D eigenvalue weighted by molar-refractivity contribution is -0.136. The maximum absolute atomic E-state index is 13.8. The minimum absolute atomic E-state index is 0.215. The Hall–Kier alpha value is -4.28. The summed E-state index contributed by atoms with van der Waals surface area (Å²) in [5, 5.41) is 9.06. The van der Waals surface area contributed by atoms with Crippen molar-refractivity contribution in [2.75, 3.05) is 7.11 Å². The maximum Gasteiger partial charge on any atom is 0.338 e. The first-order valence-corrected chi connectivity index (χ1v) is 14.3. The first kappa shape index (κ1) is 28.3. The molecule has 1 aliphatic rings. The SMILES string of the molecule is CCC1=C(C(=O)OC)[C@@H](c2ccccc2)n2c(s/c(=C\c3ccc(OCc4ccc(C(=O)O)cc4)c(Br)c3)c2=O)=N1. The number of esters is 1. The van der Waals surface area contributed by atoms with Crippen LogP contribution in [0, 0.1) is 0 Å². The van der Waals surface area contributed by atoms with E-state index in [0.717, 1.165) is 16.7 Å². The largest absolute Gasteiger partial charge is 0.488 e. The fraction of sp³-hybridized carbons (Fsp3) is 0.161. The van der Waals surface area contributed by atoms with Crippen molar-refractivity contribution < 1.29 is 24.2 Å². The van der Waals surface area contributed by atoms with Gasteiger partial charge in [-0.15, -0.1) is 0 Å². The fourth-order valence-electron chi connectivity index (χ4n) is 4.59. The van der Waals surface area contributed by atoms with Gasteiger partial charge in [-0.2, -0.15) is 0 Å². The highest BCUT2D eigenvalue weighted by Gasteiger charge is 2.33. The third-order valence-corrected chi connectivity index (χ3v) is 8.22. The van der Waals surface area contributed by atoms with E-state index in [-0.39, 0.29) is 17.7 Å². The summed E-state index contributed by atoms with van der Waals surface area (Å²) in [6.07, 6.45) is 2.30. The van der Waals surface area contributed by atoms with Crippen LogP contribution in [0.5, 0.6) is 5.75 Å². The van der Waals surface area contributed by atoms with Crippen LogP contribution in [-0.4, -0.2) is 28.7 Å². The zero-order valence-corrected chi connectivity index (χ0v) is 24.6. The van der Waals surface area contributed by atoms with Gasteiger partial charge in [-0.3, -0.25) is 9.36 Å². The minimum atomic E-state index is -0.978. The van der Waals surface area contributed by atoms with E-state index in [0.29, 0.717) is 37.2 Å². The molecule has 0 saturated heterocycles. The first-order valence-electron chi connectivity index (χ1n) is 12.7. The summed E-state index contributed by atoms with van der Waals surface area (Å²) < 4.78 is 13.8. The Morgan fingerprint density at radius 3 is 2.46 bits per heavy atom. The predicted octanol–water partition coefficient (Wildman–Crippen LogP) is 4.84. The van der Waals surface area contributed by atoms with Crippen LogP contribution in [0.4, 0.5) is 0 Å². The number of hydrogen-bond acceptors (Lipinski definition) is 7. The number of carbonyl (C=O) groups excluding carboxylic acids is 1. The number of aromatic carboxylic acids is 1. The topological polar surface area (TPSA) is 107 Å². The summed E-state index contributed by atoms with van der Waals surface area (Å²) >= 11 is 4.82. The number of aromatic nitrogens is 1. The van der Waals surface area contributed by atoms with Crippen molar-refractivity contribution in [3.8, 4) is 5.75 Å². The molecule has 0 amide bonds. The summed E-state index contributed by atoms with van der Waals surface area (Å²) in [6.45, 7) is 2.18. The molecule has 1 aliphatic heterocycles. The van der Waals surface area contributed by atoms with Crippen LogP contribution in [0.2, 0.25) is 0 Å². The Kier molecular flexibility index (Phi) is 8.32. The Labute approximate surface area is 247 Å². The number of carboxylic acid groups (broad SMARTS) is 1. The molecule has 0 saturated carbocycles. The molecule has 3 aromatic carbocycles. The van der Waals surface area contributed by atoms with Gasteiger partial charge < -0.3 is 14.6 Å². The van der Waals surface area contributed by atoms with Gasteiger partial charge in [-0.1, -0.05) is 66.8 Å². The molecule has 208 valence electrons. The molecular formula is C31H25BrN2O6S. The highest BCUT2D eigenvalue weighted by Crippen LogP contribution is 2.32. The number of fused-ring (bicyclic) bond motifs is 1. The molecule has 0 unspecified atom stereocenters. The van der Waals surface area contributed by atoms with E-state index in [4.69, 9.17) is 19.6 Å². The molecule has 0 fully saturated rings. The van der Waals surface area contributed by atoms with Gasteiger partial charge in [0.15, 0.2) is 4.80 Å². The number of rotatable bonds is 8. The van der Waals surface area contributed by atoms with Crippen molar-refractivity contribution in [2.24, 2.45) is 4.99 Å². The van der Waals surface area contributed by atoms with E-state index >= 15 is 0 Å². The van der Waals surface area contributed by atoms with Crippen molar-refractivity contribution >= 4 is 45.3 Å². The number of allylic oxidation sites excluding steroid dienone is 1. The van der Waals surface area contributed by atoms with Gasteiger partial charge in [0, 0.05) is 0 Å². The quantitative estimate of drug-likeness (QED) is 0.279. The second-order valence-electron chi connectivity index (χ2n) is 9.18. The van der Waals surface area contributed by atoms with E-state index in [2.05, 4.69) is 15.9 Å². The Morgan fingerprint density at radius 1 is 1.10 bits per heavy atom. The van der Waals surface area contributed by atoms with Crippen LogP contribution in [0.15, 0.2) is 98.3 Å². The maximum atomic E-state index is 13.8. The van der Waals surface area contributed by atoms with E-state index < -0.39 is 18.0 Å². The molecule has 2 heterocycles. The van der Waals surface area contributed by atoms with Crippen LogP contribution in [0.1, 0.15) is 46.4 Å². The fourth-order valence-corrected chi connectivity index (χ4v) is 6.13. The molecule has 1 aromatic heterocycles. The zero-order chi connectivity index (χ0) is 29.1. The number of benzene rings is 3. The van der Waals surface area contributed by atoms with Crippen molar-refractivity contribution in [3.63, 3.8) is 0 Å². The standard InChI is InChI=1S/C31H25BrN2O6S/c1-3-23-26(30(38)39-2)27(20-7-5-4-6-8-20)34-28(35)25(41-31(34)33-23)16-19-11-14-24(22(32)15-19)40-17-18-9-12-21(13-10-18)29(36)37/h4-16,27H,3,17H2,1-2H3,(H,36,37)/b25-16-/t27-/m1/s1. The van der Waals surface area contributed by atoms with Crippen molar-refractivity contribution in [3.05, 3.63) is 130 Å². The number of nitrogens with zero attached hydrogens (tertiary/aromatic N) is 2. The monoisotopic (exact) mass is 632 g/mol. The van der Waals surface area contributed by atoms with Crippen molar-refractivity contribution in [1.82, 2.24) is 4.57 Å². The second kappa shape index (κ2) is 12.1. The van der Waals surface area contributed by atoms with Gasteiger partial charge in [-0.25, -0.2) is 14.6 Å². The van der Waals surface area contributed by atoms with Crippen LogP contribution in [-0.2, 0) is 16.1 Å². The summed E-state index contributed by atoms with van der Waals surface area (Å²) in [5.74, 6) is -0.884. The average Bonchev–Trinajstić information content (AvgIpc) is 3.30. The number of carbonyl (C=O) groups is 2. The lowest BCUT2D eigenvalue weighted by atomic mass is 9.95. The van der Waals surface area contributed by atoms with Gasteiger partial charge in [0.2, 0.25) is 0 Å². The van der Waals surface area contributed by atoms with Gasteiger partial charge in [0.1, 0.15) is 12.4 Å². The lowest BCUT2D eigenvalue weighted by Crippen LogP contribution is -2.40. The van der Waals surface area contributed by atoms with Gasteiger partial charge in [-0.05, 0) is 69.4 Å². The number of carboxylic acids is 1. The molecule has 4 aromatic rings. The van der Waals surface area contributed by atoms with Crippen LogP contribution < -0.4 is 19.6 Å². The van der Waals surface area contributed by atoms with Crippen LogP contribution in [0.25, 0.3) is 6.08 Å². The summed E-state index contributed by atoms with van der Waals surface area (Å²) in [6, 6.07) is 20.8. The molecule has 0 radical (unpaired) electrons. The van der Waals surface area contributed by atoms with Crippen molar-refractivity contribution in [2.45, 2.75) is 26.0 Å². The molecule has 41 heavy (non-hydrogen) atoms. The Morgan fingerprint density at radius 2 is 1.83 bits per heavy atom. The molecule has 0 spiro atoms. The molecule has 10 heteroatoms. The predicted molar refractivity (Wildman–Crippen MR) is 159 cm³/mol. The first-order chi connectivity index (χ1) is 19.8. The number of thiazole rings is 1. The highest BCUT2D eigenvalue weighted by molar-refractivity contribution is 9.10. The molecule has 8 nitrogen and oxygen atoms in total. The van der Waals surface area contributed by atoms with Gasteiger partial charge >= 0.3 is 11.9 Å². The normalized spacial score (nSPS) is 14.8. The highest BCUT2D eigenvalue weighted by atomic mass is 79.9. The van der Waals surface area contributed by atoms with Crippen LogP contribution in [0.3, 0.4) is 0 Å². The molecule has 0 aliphatic carbocycles. The van der Waals surface area contributed by atoms with E-state index in [1.165, 1.54) is 30.6 Å². The third-order valence-electron chi connectivity index (χ3n) is 6.61.